The van der Waals surface area contributed by atoms with E-state index in [-0.39, 0.29) is 0 Å². The van der Waals surface area contributed by atoms with Gasteiger partial charge in [0.15, 0.2) is 0 Å². The van der Waals surface area contributed by atoms with Crippen LogP contribution in [-0.4, -0.2) is 10.1 Å². The van der Waals surface area contributed by atoms with Gasteiger partial charge >= 0.3 is 0 Å². The van der Waals surface area contributed by atoms with Gasteiger partial charge in [0.1, 0.15) is 5.82 Å². The highest BCUT2D eigenvalue weighted by molar-refractivity contribution is 6.30. The highest BCUT2D eigenvalue weighted by Crippen LogP contribution is 2.29. The van der Waals surface area contributed by atoms with Crippen molar-refractivity contribution >= 4 is 17.4 Å². The lowest BCUT2D eigenvalue weighted by atomic mass is 9.94. The number of hydrogen-bond donors (Lipinski definition) is 2. The zero-order chi connectivity index (χ0) is 10.1. The van der Waals surface area contributed by atoms with Gasteiger partial charge in [0.05, 0.1) is 10.6 Å². The first-order chi connectivity index (χ1) is 5.97. The monoisotopic (exact) mass is 200 g/mol. The van der Waals surface area contributed by atoms with E-state index in [1.54, 1.807) is 13.0 Å². The third-order valence-electron chi connectivity index (χ3n) is 2.15. The Bertz CT molecular complexity index is 312. The van der Waals surface area contributed by atoms with Crippen molar-refractivity contribution in [3.63, 3.8) is 0 Å². The molecule has 1 heterocycles. The molecule has 72 valence electrons. The Hall–Kier alpha value is -0.800. The fourth-order valence-electron chi connectivity index (χ4n) is 1.07. The van der Waals surface area contributed by atoms with E-state index in [0.717, 1.165) is 0 Å². The van der Waals surface area contributed by atoms with Gasteiger partial charge in [-0.05, 0) is 19.4 Å². The molecule has 0 aromatic carbocycles. The van der Waals surface area contributed by atoms with Crippen LogP contribution >= 0.6 is 11.6 Å². The van der Waals surface area contributed by atoms with Crippen LogP contribution < -0.4 is 5.73 Å². The average molecular weight is 201 g/mol. The number of rotatable bonds is 2. The van der Waals surface area contributed by atoms with Crippen molar-refractivity contribution in [2.75, 3.05) is 5.73 Å². The molecular weight excluding hydrogens is 188 g/mol. The van der Waals surface area contributed by atoms with Crippen LogP contribution in [0.1, 0.15) is 25.8 Å². The summed E-state index contributed by atoms with van der Waals surface area (Å²) in [6, 6.07) is 1.65. The standard InChI is InChI=1S/C9H13ClN2O/c1-3-9(2,13)7-4-6(10)5-12-8(7)11/h4-5,13H,3H2,1-2H3,(H2,11,12). The predicted molar refractivity (Wildman–Crippen MR) is 53.5 cm³/mol. The second-order valence-corrected chi connectivity index (χ2v) is 3.65. The van der Waals surface area contributed by atoms with Gasteiger partial charge in [-0.2, -0.15) is 0 Å². The Labute approximate surface area is 82.5 Å². The maximum atomic E-state index is 9.92. The molecule has 0 radical (unpaired) electrons. The second kappa shape index (κ2) is 3.52. The molecular formula is C9H13ClN2O. The molecule has 3 nitrogen and oxygen atoms in total. The Kier molecular flexibility index (Phi) is 2.78. The van der Waals surface area contributed by atoms with Crippen molar-refractivity contribution in [2.24, 2.45) is 0 Å². The zero-order valence-electron chi connectivity index (χ0n) is 7.71. The van der Waals surface area contributed by atoms with Crippen molar-refractivity contribution in [1.29, 1.82) is 0 Å². The van der Waals surface area contributed by atoms with E-state index in [0.29, 0.717) is 22.8 Å². The summed E-state index contributed by atoms with van der Waals surface area (Å²) in [6.07, 6.45) is 2.03. The molecule has 1 unspecified atom stereocenters. The maximum Gasteiger partial charge on any atom is 0.129 e. The number of hydrogen-bond acceptors (Lipinski definition) is 3. The first-order valence-electron chi connectivity index (χ1n) is 4.11. The summed E-state index contributed by atoms with van der Waals surface area (Å²) in [5.41, 5.74) is 5.25. The van der Waals surface area contributed by atoms with Crippen molar-refractivity contribution in [3.05, 3.63) is 22.8 Å². The smallest absolute Gasteiger partial charge is 0.129 e. The van der Waals surface area contributed by atoms with E-state index in [4.69, 9.17) is 17.3 Å². The third-order valence-corrected chi connectivity index (χ3v) is 2.36. The number of nitrogens with zero attached hydrogens (tertiary/aromatic N) is 1. The molecule has 1 aromatic heterocycles. The number of nitrogen functional groups attached to an aromatic ring is 1. The Morgan fingerprint density at radius 2 is 2.31 bits per heavy atom. The molecule has 1 rings (SSSR count). The molecule has 0 bridgehead atoms. The van der Waals surface area contributed by atoms with Gasteiger partial charge in [-0.3, -0.25) is 0 Å². The lowest BCUT2D eigenvalue weighted by Gasteiger charge is -2.22. The fourth-order valence-corrected chi connectivity index (χ4v) is 1.23. The fraction of sp³-hybridized carbons (Fsp3) is 0.444. The molecule has 3 N–H and O–H groups in total. The second-order valence-electron chi connectivity index (χ2n) is 3.21. The van der Waals surface area contributed by atoms with Crippen molar-refractivity contribution in [1.82, 2.24) is 4.98 Å². The summed E-state index contributed by atoms with van der Waals surface area (Å²) >= 11 is 5.75. The van der Waals surface area contributed by atoms with Crippen LogP contribution in [0.3, 0.4) is 0 Å². The molecule has 0 aliphatic carbocycles. The van der Waals surface area contributed by atoms with Crippen LogP contribution in [-0.2, 0) is 5.60 Å². The van der Waals surface area contributed by atoms with Crippen molar-refractivity contribution in [2.45, 2.75) is 25.9 Å². The minimum atomic E-state index is -0.956. The highest BCUT2D eigenvalue weighted by Gasteiger charge is 2.23. The van der Waals surface area contributed by atoms with E-state index >= 15 is 0 Å². The summed E-state index contributed by atoms with van der Waals surface area (Å²) in [5, 5.41) is 10.4. The molecule has 1 aromatic rings. The van der Waals surface area contributed by atoms with Gasteiger partial charge < -0.3 is 10.8 Å². The third kappa shape index (κ3) is 2.11. The van der Waals surface area contributed by atoms with Crippen LogP contribution in [0.5, 0.6) is 0 Å². The normalized spacial score (nSPS) is 15.4. The molecule has 0 saturated carbocycles. The number of nitrogens with two attached hydrogens (primary N) is 1. The Morgan fingerprint density at radius 3 is 2.85 bits per heavy atom. The predicted octanol–water partition coefficient (Wildman–Crippen LogP) is 1.93. The molecule has 0 aliphatic heterocycles. The van der Waals surface area contributed by atoms with E-state index in [1.165, 1.54) is 6.20 Å². The number of anilines is 1. The summed E-state index contributed by atoms with van der Waals surface area (Å²) < 4.78 is 0. The summed E-state index contributed by atoms with van der Waals surface area (Å²) in [6.45, 7) is 3.57. The van der Waals surface area contributed by atoms with Gasteiger partial charge in [0.25, 0.3) is 0 Å². The minimum Gasteiger partial charge on any atom is -0.385 e. The molecule has 0 saturated heterocycles. The van der Waals surface area contributed by atoms with E-state index < -0.39 is 5.60 Å². The molecule has 1 atom stereocenters. The summed E-state index contributed by atoms with van der Waals surface area (Å²) in [7, 11) is 0. The van der Waals surface area contributed by atoms with Crippen LogP contribution in [0, 0.1) is 0 Å². The van der Waals surface area contributed by atoms with Crippen LogP contribution in [0.2, 0.25) is 5.02 Å². The summed E-state index contributed by atoms with van der Waals surface area (Å²) in [5.74, 6) is 0.330. The summed E-state index contributed by atoms with van der Waals surface area (Å²) in [4.78, 5) is 3.88. The van der Waals surface area contributed by atoms with E-state index in [9.17, 15) is 5.11 Å². The first-order valence-corrected chi connectivity index (χ1v) is 4.49. The topological polar surface area (TPSA) is 59.1 Å². The number of halogens is 1. The molecule has 13 heavy (non-hydrogen) atoms. The van der Waals surface area contributed by atoms with E-state index in [1.807, 2.05) is 6.92 Å². The molecule has 0 amide bonds. The van der Waals surface area contributed by atoms with Crippen LogP contribution in [0.15, 0.2) is 12.3 Å². The number of pyridine rings is 1. The molecule has 4 heteroatoms. The zero-order valence-corrected chi connectivity index (χ0v) is 8.47. The molecule has 0 fully saturated rings. The average Bonchev–Trinajstić information content (AvgIpc) is 2.09. The van der Waals surface area contributed by atoms with Crippen molar-refractivity contribution < 1.29 is 5.11 Å². The Balaban J connectivity index is 3.20. The largest absolute Gasteiger partial charge is 0.385 e. The maximum absolute atomic E-state index is 9.92. The van der Waals surface area contributed by atoms with Gasteiger partial charge in [-0.1, -0.05) is 18.5 Å². The SMILES string of the molecule is CCC(C)(O)c1cc(Cl)cnc1N. The van der Waals surface area contributed by atoms with Gasteiger partial charge in [-0.15, -0.1) is 0 Å². The van der Waals surface area contributed by atoms with Crippen molar-refractivity contribution in [3.8, 4) is 0 Å². The highest BCUT2D eigenvalue weighted by atomic mass is 35.5. The van der Waals surface area contributed by atoms with Gasteiger partial charge in [0.2, 0.25) is 0 Å². The van der Waals surface area contributed by atoms with Gasteiger partial charge in [0, 0.05) is 11.8 Å². The quantitative estimate of drug-likeness (QED) is 0.767. The molecule has 0 spiro atoms. The van der Waals surface area contributed by atoms with Gasteiger partial charge in [-0.25, -0.2) is 4.98 Å². The number of aliphatic hydroxyl groups is 1. The number of aromatic nitrogens is 1. The lowest BCUT2D eigenvalue weighted by molar-refractivity contribution is 0.0536. The Morgan fingerprint density at radius 1 is 1.69 bits per heavy atom. The van der Waals surface area contributed by atoms with Crippen LogP contribution in [0.25, 0.3) is 0 Å². The van der Waals surface area contributed by atoms with E-state index in [2.05, 4.69) is 4.98 Å². The lowest BCUT2D eigenvalue weighted by Crippen LogP contribution is -2.21. The molecule has 0 aliphatic rings. The minimum absolute atomic E-state index is 0.330. The van der Waals surface area contributed by atoms with Crippen LogP contribution in [0.4, 0.5) is 5.82 Å². The first kappa shape index (κ1) is 10.3.